The standard InChI is InChI=1S/C11H12N4O3/c12-8-3-1-2-7(6-8)10-9(11(17)18)13-14-15(10)4-5-16/h1-3,6,16H,4-5,12H2,(H,17,18). The van der Waals surface area contributed by atoms with Gasteiger partial charge in [0.25, 0.3) is 0 Å². The largest absolute Gasteiger partial charge is 0.476 e. The van der Waals surface area contributed by atoms with Crippen LogP contribution in [-0.2, 0) is 6.54 Å². The summed E-state index contributed by atoms with van der Waals surface area (Å²) in [5.74, 6) is -1.17. The molecule has 0 aliphatic heterocycles. The van der Waals surface area contributed by atoms with Crippen LogP contribution in [0.15, 0.2) is 24.3 Å². The number of aliphatic hydroxyl groups is 1. The van der Waals surface area contributed by atoms with Crippen molar-refractivity contribution in [1.29, 1.82) is 0 Å². The molecule has 94 valence electrons. The third-order valence-corrected chi connectivity index (χ3v) is 2.41. The quantitative estimate of drug-likeness (QED) is 0.667. The lowest BCUT2D eigenvalue weighted by atomic mass is 10.1. The van der Waals surface area contributed by atoms with Gasteiger partial charge in [-0.1, -0.05) is 17.3 Å². The van der Waals surface area contributed by atoms with Crippen molar-refractivity contribution >= 4 is 11.7 Å². The van der Waals surface area contributed by atoms with Gasteiger partial charge in [-0.2, -0.15) is 0 Å². The summed E-state index contributed by atoms with van der Waals surface area (Å²) in [5.41, 5.74) is 6.96. The molecule has 2 aromatic rings. The first-order valence-electron chi connectivity index (χ1n) is 5.27. The second-order valence-corrected chi connectivity index (χ2v) is 3.66. The molecule has 1 heterocycles. The van der Waals surface area contributed by atoms with Crippen molar-refractivity contribution in [2.75, 3.05) is 12.3 Å². The molecule has 7 heteroatoms. The minimum absolute atomic E-state index is 0.155. The first-order valence-corrected chi connectivity index (χ1v) is 5.27. The minimum atomic E-state index is -1.17. The van der Waals surface area contributed by atoms with Crippen LogP contribution in [0.4, 0.5) is 5.69 Å². The molecule has 0 bridgehead atoms. The second kappa shape index (κ2) is 4.84. The summed E-state index contributed by atoms with van der Waals surface area (Å²) in [6.45, 7) is 0.0160. The number of nitrogens with zero attached hydrogens (tertiary/aromatic N) is 3. The van der Waals surface area contributed by atoms with Crippen molar-refractivity contribution in [1.82, 2.24) is 15.0 Å². The maximum Gasteiger partial charge on any atom is 0.358 e. The Hall–Kier alpha value is -2.41. The molecule has 0 aliphatic rings. The molecule has 4 N–H and O–H groups in total. The van der Waals surface area contributed by atoms with E-state index in [0.717, 1.165) is 0 Å². The van der Waals surface area contributed by atoms with Crippen molar-refractivity contribution in [3.05, 3.63) is 30.0 Å². The average Bonchev–Trinajstić information content (AvgIpc) is 2.73. The number of anilines is 1. The van der Waals surface area contributed by atoms with Gasteiger partial charge in [0.2, 0.25) is 0 Å². The number of nitrogen functional groups attached to an aromatic ring is 1. The Bertz CT molecular complexity index is 579. The number of aliphatic hydroxyl groups excluding tert-OH is 1. The van der Waals surface area contributed by atoms with E-state index in [2.05, 4.69) is 10.3 Å². The first kappa shape index (κ1) is 12.1. The van der Waals surface area contributed by atoms with Crippen LogP contribution in [0, 0.1) is 0 Å². The molecule has 0 unspecified atom stereocenters. The van der Waals surface area contributed by atoms with E-state index in [1.807, 2.05) is 0 Å². The zero-order valence-corrected chi connectivity index (χ0v) is 9.45. The molecule has 18 heavy (non-hydrogen) atoms. The monoisotopic (exact) mass is 248 g/mol. The van der Waals surface area contributed by atoms with Gasteiger partial charge in [-0.15, -0.1) is 5.10 Å². The maximum absolute atomic E-state index is 11.1. The van der Waals surface area contributed by atoms with Crippen LogP contribution in [0.25, 0.3) is 11.3 Å². The van der Waals surface area contributed by atoms with E-state index >= 15 is 0 Å². The number of carboxylic acids is 1. The number of aromatic carboxylic acids is 1. The Morgan fingerprint density at radius 1 is 1.44 bits per heavy atom. The lowest BCUT2D eigenvalue weighted by Gasteiger charge is -2.06. The average molecular weight is 248 g/mol. The highest BCUT2D eigenvalue weighted by Crippen LogP contribution is 2.24. The van der Waals surface area contributed by atoms with Gasteiger partial charge in [0.1, 0.15) is 5.69 Å². The van der Waals surface area contributed by atoms with E-state index in [1.165, 1.54) is 4.68 Å². The van der Waals surface area contributed by atoms with E-state index in [4.69, 9.17) is 15.9 Å². The summed E-state index contributed by atoms with van der Waals surface area (Å²) < 4.78 is 1.35. The highest BCUT2D eigenvalue weighted by Gasteiger charge is 2.20. The summed E-state index contributed by atoms with van der Waals surface area (Å²) in [6, 6.07) is 6.77. The minimum Gasteiger partial charge on any atom is -0.476 e. The van der Waals surface area contributed by atoms with Gasteiger partial charge >= 0.3 is 5.97 Å². The number of hydrogen-bond acceptors (Lipinski definition) is 5. The van der Waals surface area contributed by atoms with Gasteiger partial charge in [0.05, 0.1) is 13.2 Å². The summed E-state index contributed by atoms with van der Waals surface area (Å²) in [6.07, 6.45) is 0. The van der Waals surface area contributed by atoms with E-state index in [1.54, 1.807) is 24.3 Å². The molecule has 0 spiro atoms. The van der Waals surface area contributed by atoms with Crippen molar-refractivity contribution in [3.8, 4) is 11.3 Å². The van der Waals surface area contributed by atoms with Crippen LogP contribution >= 0.6 is 0 Å². The molecule has 0 radical (unpaired) electrons. The number of carboxylic acid groups (broad SMARTS) is 1. The van der Waals surface area contributed by atoms with Gasteiger partial charge in [0.15, 0.2) is 5.69 Å². The normalized spacial score (nSPS) is 10.5. The van der Waals surface area contributed by atoms with Crippen LogP contribution in [0.1, 0.15) is 10.5 Å². The first-order chi connectivity index (χ1) is 8.63. The van der Waals surface area contributed by atoms with Crippen molar-refractivity contribution in [2.24, 2.45) is 0 Å². The molecular formula is C11H12N4O3. The lowest BCUT2D eigenvalue weighted by molar-refractivity contribution is 0.0691. The molecule has 0 fully saturated rings. The summed E-state index contributed by atoms with van der Waals surface area (Å²) in [7, 11) is 0. The molecule has 0 saturated heterocycles. The zero-order valence-electron chi connectivity index (χ0n) is 9.45. The highest BCUT2D eigenvalue weighted by molar-refractivity contribution is 5.92. The number of aromatic nitrogens is 3. The smallest absolute Gasteiger partial charge is 0.358 e. The predicted octanol–water partition coefficient (Wildman–Crippen LogP) is 0.218. The number of carbonyl (C=O) groups is 1. The number of benzene rings is 1. The topological polar surface area (TPSA) is 114 Å². The molecular weight excluding hydrogens is 236 g/mol. The summed E-state index contributed by atoms with van der Waals surface area (Å²) in [5, 5.41) is 25.3. The van der Waals surface area contributed by atoms with Crippen LogP contribution in [0.3, 0.4) is 0 Å². The molecule has 1 aromatic heterocycles. The Morgan fingerprint density at radius 2 is 2.22 bits per heavy atom. The van der Waals surface area contributed by atoms with E-state index in [-0.39, 0.29) is 18.8 Å². The van der Waals surface area contributed by atoms with Gasteiger partial charge in [0, 0.05) is 11.3 Å². The Labute approximate surface area is 102 Å². The van der Waals surface area contributed by atoms with Gasteiger partial charge in [-0.05, 0) is 12.1 Å². The van der Waals surface area contributed by atoms with Crippen LogP contribution in [0.5, 0.6) is 0 Å². The molecule has 7 nitrogen and oxygen atoms in total. The maximum atomic E-state index is 11.1. The summed E-state index contributed by atoms with van der Waals surface area (Å²) in [4.78, 5) is 11.1. The molecule has 0 aliphatic carbocycles. The molecule has 0 amide bonds. The number of rotatable bonds is 4. The predicted molar refractivity (Wildman–Crippen MR) is 63.9 cm³/mol. The fourth-order valence-corrected chi connectivity index (χ4v) is 1.68. The highest BCUT2D eigenvalue weighted by atomic mass is 16.4. The third kappa shape index (κ3) is 2.16. The lowest BCUT2D eigenvalue weighted by Crippen LogP contribution is -2.07. The van der Waals surface area contributed by atoms with E-state index < -0.39 is 5.97 Å². The SMILES string of the molecule is Nc1cccc(-c2c(C(=O)O)nnn2CCO)c1. The van der Waals surface area contributed by atoms with E-state index in [0.29, 0.717) is 16.9 Å². The molecule has 0 saturated carbocycles. The third-order valence-electron chi connectivity index (χ3n) is 2.41. The molecule has 0 atom stereocenters. The zero-order chi connectivity index (χ0) is 13.1. The van der Waals surface area contributed by atoms with Gasteiger partial charge < -0.3 is 15.9 Å². The van der Waals surface area contributed by atoms with E-state index in [9.17, 15) is 4.79 Å². The fraction of sp³-hybridized carbons (Fsp3) is 0.182. The number of nitrogens with two attached hydrogens (primary N) is 1. The van der Waals surface area contributed by atoms with Crippen molar-refractivity contribution in [3.63, 3.8) is 0 Å². The Morgan fingerprint density at radius 3 is 2.83 bits per heavy atom. The van der Waals surface area contributed by atoms with Gasteiger partial charge in [-0.3, -0.25) is 0 Å². The van der Waals surface area contributed by atoms with Crippen LogP contribution in [-0.4, -0.2) is 37.8 Å². The van der Waals surface area contributed by atoms with Gasteiger partial charge in [-0.25, -0.2) is 9.48 Å². The van der Waals surface area contributed by atoms with Crippen LogP contribution in [0.2, 0.25) is 0 Å². The molecule has 2 rings (SSSR count). The fourth-order valence-electron chi connectivity index (χ4n) is 1.68. The number of hydrogen-bond donors (Lipinski definition) is 3. The summed E-state index contributed by atoms with van der Waals surface area (Å²) >= 11 is 0. The Balaban J connectivity index is 2.59. The van der Waals surface area contributed by atoms with Crippen LogP contribution < -0.4 is 5.73 Å². The molecule has 1 aromatic carbocycles. The second-order valence-electron chi connectivity index (χ2n) is 3.66. The Kier molecular flexibility index (Phi) is 3.24. The van der Waals surface area contributed by atoms with Crippen molar-refractivity contribution < 1.29 is 15.0 Å². The van der Waals surface area contributed by atoms with Crippen molar-refractivity contribution in [2.45, 2.75) is 6.54 Å².